The maximum atomic E-state index is 12.0. The fourth-order valence-electron chi connectivity index (χ4n) is 2.72. The van der Waals surface area contributed by atoms with E-state index in [0.717, 1.165) is 37.4 Å². The van der Waals surface area contributed by atoms with Gasteiger partial charge in [0.05, 0.1) is 0 Å². The molecule has 0 radical (unpaired) electrons. The van der Waals surface area contributed by atoms with Crippen molar-refractivity contribution in [2.75, 3.05) is 18.4 Å². The number of hydrogen-bond donors (Lipinski definition) is 2. The zero-order valence-electron chi connectivity index (χ0n) is 10.7. The summed E-state index contributed by atoms with van der Waals surface area (Å²) in [6.07, 6.45) is 6.23. The molecule has 96 valence electrons. The van der Waals surface area contributed by atoms with Crippen molar-refractivity contribution in [3.8, 4) is 0 Å². The van der Waals surface area contributed by atoms with E-state index in [4.69, 9.17) is 0 Å². The van der Waals surface area contributed by atoms with Gasteiger partial charge in [-0.2, -0.15) is 0 Å². The van der Waals surface area contributed by atoms with Crippen LogP contribution in [-0.2, 0) is 6.42 Å². The fraction of sp³-hybridized carbons (Fsp3) is 0.533. The van der Waals surface area contributed by atoms with Crippen LogP contribution in [0.4, 0.5) is 5.69 Å². The molecule has 1 heterocycles. The van der Waals surface area contributed by atoms with Crippen LogP contribution in [0, 0.1) is 5.92 Å². The number of anilines is 1. The average Bonchev–Trinajstić information content (AvgIpc) is 2.79. The zero-order chi connectivity index (χ0) is 12.4. The molecule has 1 aliphatic heterocycles. The minimum absolute atomic E-state index is 0.0732. The molecule has 2 N–H and O–H groups in total. The van der Waals surface area contributed by atoms with E-state index in [0.29, 0.717) is 0 Å². The summed E-state index contributed by atoms with van der Waals surface area (Å²) >= 11 is 0. The molecule has 0 saturated heterocycles. The summed E-state index contributed by atoms with van der Waals surface area (Å²) in [5, 5.41) is 6.34. The van der Waals surface area contributed by atoms with Crippen LogP contribution in [0.25, 0.3) is 0 Å². The van der Waals surface area contributed by atoms with Gasteiger partial charge < -0.3 is 10.6 Å². The molecule has 3 nitrogen and oxygen atoms in total. The monoisotopic (exact) mass is 244 g/mol. The zero-order valence-corrected chi connectivity index (χ0v) is 10.7. The summed E-state index contributed by atoms with van der Waals surface area (Å²) in [6, 6.07) is 5.95. The third-order valence-electron chi connectivity index (χ3n) is 4.14. The van der Waals surface area contributed by atoms with Gasteiger partial charge in [0.2, 0.25) is 0 Å². The Morgan fingerprint density at radius 1 is 1.39 bits per heavy atom. The van der Waals surface area contributed by atoms with Crippen LogP contribution in [0.15, 0.2) is 18.2 Å². The molecule has 1 fully saturated rings. The van der Waals surface area contributed by atoms with Crippen molar-refractivity contribution in [1.29, 1.82) is 0 Å². The molecule has 3 rings (SSSR count). The summed E-state index contributed by atoms with van der Waals surface area (Å²) in [5.41, 5.74) is 3.24. The Morgan fingerprint density at radius 2 is 2.28 bits per heavy atom. The second-order valence-corrected chi connectivity index (χ2v) is 5.39. The van der Waals surface area contributed by atoms with Gasteiger partial charge in [-0.15, -0.1) is 0 Å². The van der Waals surface area contributed by atoms with Crippen molar-refractivity contribution >= 4 is 11.6 Å². The molecule has 0 atom stereocenters. The van der Waals surface area contributed by atoms with Gasteiger partial charge in [0, 0.05) is 24.3 Å². The predicted molar refractivity (Wildman–Crippen MR) is 72.9 cm³/mol. The highest BCUT2D eigenvalue weighted by Crippen LogP contribution is 2.28. The molecular weight excluding hydrogens is 224 g/mol. The molecule has 1 aliphatic carbocycles. The Balaban J connectivity index is 1.54. The number of fused-ring (bicyclic) bond motifs is 1. The van der Waals surface area contributed by atoms with Crippen molar-refractivity contribution in [2.24, 2.45) is 5.92 Å². The lowest BCUT2D eigenvalue weighted by molar-refractivity contribution is 0.0949. The Kier molecular flexibility index (Phi) is 3.22. The van der Waals surface area contributed by atoms with E-state index in [2.05, 4.69) is 10.6 Å². The van der Waals surface area contributed by atoms with Gasteiger partial charge in [0.1, 0.15) is 0 Å². The van der Waals surface area contributed by atoms with E-state index in [9.17, 15) is 4.79 Å². The van der Waals surface area contributed by atoms with Crippen LogP contribution in [0.5, 0.6) is 0 Å². The normalized spacial score (nSPS) is 17.8. The van der Waals surface area contributed by atoms with Gasteiger partial charge in [0.25, 0.3) is 5.91 Å². The Morgan fingerprint density at radius 3 is 3.06 bits per heavy atom. The molecule has 1 amide bonds. The summed E-state index contributed by atoms with van der Waals surface area (Å²) in [4.78, 5) is 12.0. The third-order valence-corrected chi connectivity index (χ3v) is 4.14. The fourth-order valence-corrected chi connectivity index (χ4v) is 2.72. The van der Waals surface area contributed by atoms with Crippen LogP contribution in [-0.4, -0.2) is 19.0 Å². The van der Waals surface area contributed by atoms with E-state index < -0.39 is 0 Å². The Labute approximate surface area is 108 Å². The van der Waals surface area contributed by atoms with E-state index >= 15 is 0 Å². The van der Waals surface area contributed by atoms with Gasteiger partial charge in [-0.3, -0.25) is 4.79 Å². The molecule has 3 heteroatoms. The van der Waals surface area contributed by atoms with Crippen molar-refractivity contribution in [2.45, 2.75) is 32.1 Å². The van der Waals surface area contributed by atoms with E-state index in [1.54, 1.807) is 0 Å². The Bertz CT molecular complexity index is 452. The molecule has 18 heavy (non-hydrogen) atoms. The molecule has 2 aliphatic rings. The third kappa shape index (κ3) is 2.35. The van der Waals surface area contributed by atoms with Crippen LogP contribution in [0.1, 0.15) is 41.6 Å². The molecule has 0 bridgehead atoms. The van der Waals surface area contributed by atoms with Crippen LogP contribution in [0.3, 0.4) is 0 Å². The number of nitrogens with one attached hydrogen (secondary N) is 2. The highest BCUT2D eigenvalue weighted by Gasteiger charge is 2.17. The Hall–Kier alpha value is -1.51. The maximum Gasteiger partial charge on any atom is 0.251 e. The highest BCUT2D eigenvalue weighted by molar-refractivity contribution is 5.95. The van der Waals surface area contributed by atoms with Crippen LogP contribution < -0.4 is 10.6 Å². The first-order valence-corrected chi connectivity index (χ1v) is 6.98. The highest BCUT2D eigenvalue weighted by atomic mass is 16.1. The topological polar surface area (TPSA) is 41.1 Å². The molecule has 1 aromatic rings. The first-order chi connectivity index (χ1) is 8.83. The van der Waals surface area contributed by atoms with Crippen molar-refractivity contribution in [3.05, 3.63) is 29.3 Å². The maximum absolute atomic E-state index is 12.0. The second-order valence-electron chi connectivity index (χ2n) is 5.39. The summed E-state index contributed by atoms with van der Waals surface area (Å²) < 4.78 is 0. The summed E-state index contributed by atoms with van der Waals surface area (Å²) in [5.74, 6) is 0.929. The molecule has 0 unspecified atom stereocenters. The minimum atomic E-state index is 0.0732. The number of benzene rings is 1. The molecule has 0 aromatic heterocycles. The number of carbonyl (C=O) groups excluding carboxylic acids is 1. The van der Waals surface area contributed by atoms with Gasteiger partial charge in [-0.05, 0) is 42.5 Å². The smallest absolute Gasteiger partial charge is 0.251 e. The molecule has 1 saturated carbocycles. The number of hydrogen-bond acceptors (Lipinski definition) is 2. The van der Waals surface area contributed by atoms with Gasteiger partial charge in [-0.25, -0.2) is 0 Å². The lowest BCUT2D eigenvalue weighted by atomic mass is 9.83. The van der Waals surface area contributed by atoms with E-state index in [1.807, 2.05) is 18.2 Å². The number of carbonyl (C=O) groups is 1. The van der Waals surface area contributed by atoms with Gasteiger partial charge in [0.15, 0.2) is 0 Å². The first-order valence-electron chi connectivity index (χ1n) is 6.98. The number of rotatable bonds is 4. The standard InChI is InChI=1S/C15H20N2O/c18-15(17-8-6-11-2-1-3-11)13-4-5-14-12(10-13)7-9-16-14/h4-5,10-11,16H,1-3,6-9H2,(H,17,18). The van der Waals surface area contributed by atoms with Crippen molar-refractivity contribution < 1.29 is 4.79 Å². The van der Waals surface area contributed by atoms with Gasteiger partial charge >= 0.3 is 0 Å². The number of amides is 1. The molecular formula is C15H20N2O. The summed E-state index contributed by atoms with van der Waals surface area (Å²) in [6.45, 7) is 1.81. The molecule has 0 spiro atoms. The van der Waals surface area contributed by atoms with Gasteiger partial charge in [-0.1, -0.05) is 19.3 Å². The van der Waals surface area contributed by atoms with Crippen LogP contribution in [0.2, 0.25) is 0 Å². The lowest BCUT2D eigenvalue weighted by Gasteiger charge is -2.25. The largest absolute Gasteiger partial charge is 0.384 e. The average molecular weight is 244 g/mol. The SMILES string of the molecule is O=C(NCCC1CCC1)c1ccc2c(c1)CCN2. The van der Waals surface area contributed by atoms with E-state index in [1.165, 1.54) is 30.5 Å². The first kappa shape index (κ1) is 11.6. The lowest BCUT2D eigenvalue weighted by Crippen LogP contribution is -2.27. The van der Waals surface area contributed by atoms with Crippen molar-refractivity contribution in [1.82, 2.24) is 5.32 Å². The quantitative estimate of drug-likeness (QED) is 0.854. The predicted octanol–water partition coefficient (Wildman–Crippen LogP) is 2.57. The second kappa shape index (κ2) is 5.01. The molecule has 1 aromatic carbocycles. The van der Waals surface area contributed by atoms with E-state index in [-0.39, 0.29) is 5.91 Å². The minimum Gasteiger partial charge on any atom is -0.384 e. The van der Waals surface area contributed by atoms with Crippen LogP contribution >= 0.6 is 0 Å². The summed E-state index contributed by atoms with van der Waals surface area (Å²) in [7, 11) is 0. The van der Waals surface area contributed by atoms with Crippen molar-refractivity contribution in [3.63, 3.8) is 0 Å².